The first-order valence-electron chi connectivity index (χ1n) is 6.16. The Hall–Kier alpha value is -1.91. The first kappa shape index (κ1) is 14.5. The van der Waals surface area contributed by atoms with Crippen molar-refractivity contribution < 1.29 is 4.92 Å². The molecule has 1 unspecified atom stereocenters. The molecule has 4 nitrogen and oxygen atoms in total. The highest BCUT2D eigenvalue weighted by molar-refractivity contribution is 6.30. The third kappa shape index (κ3) is 2.98. The van der Waals surface area contributed by atoms with Crippen LogP contribution in [0.5, 0.6) is 0 Å². The van der Waals surface area contributed by atoms with E-state index in [4.69, 9.17) is 17.3 Å². The smallest absolute Gasteiger partial charge is 0.271 e. The molecule has 2 aromatic rings. The average molecular weight is 291 g/mol. The summed E-state index contributed by atoms with van der Waals surface area (Å²) in [6.45, 7) is 3.98. The van der Waals surface area contributed by atoms with E-state index >= 15 is 0 Å². The molecule has 0 bridgehead atoms. The molecule has 5 heteroatoms. The molecule has 0 aliphatic rings. The van der Waals surface area contributed by atoms with E-state index in [-0.39, 0.29) is 5.69 Å². The number of aryl methyl sites for hydroxylation is 2. The third-order valence-electron chi connectivity index (χ3n) is 3.24. The number of hydrogen-bond donors (Lipinski definition) is 1. The molecular formula is C15H15ClN2O2. The Kier molecular flexibility index (Phi) is 4.06. The summed E-state index contributed by atoms with van der Waals surface area (Å²) in [6, 6.07) is 9.97. The standard InChI is InChI=1S/C15H15ClN2O2/c1-9-3-4-14(10(2)5-9)15(17)11-6-12(16)8-13(7-11)18(19)20/h3-8,15H,17H2,1-2H3. The topological polar surface area (TPSA) is 69.2 Å². The first-order chi connectivity index (χ1) is 9.38. The van der Waals surface area contributed by atoms with Crippen molar-refractivity contribution in [3.63, 3.8) is 0 Å². The van der Waals surface area contributed by atoms with Crippen molar-refractivity contribution in [3.05, 3.63) is 73.8 Å². The minimum atomic E-state index is -0.468. The Bertz CT molecular complexity index is 671. The second-order valence-electron chi connectivity index (χ2n) is 4.84. The number of nitro benzene ring substituents is 1. The number of rotatable bonds is 3. The lowest BCUT2D eigenvalue weighted by atomic mass is 9.94. The summed E-state index contributed by atoms with van der Waals surface area (Å²) >= 11 is 5.93. The lowest BCUT2D eigenvalue weighted by molar-refractivity contribution is -0.384. The van der Waals surface area contributed by atoms with Crippen LogP contribution in [0.4, 0.5) is 5.69 Å². The largest absolute Gasteiger partial charge is 0.320 e. The lowest BCUT2D eigenvalue weighted by Crippen LogP contribution is -2.13. The summed E-state index contributed by atoms with van der Waals surface area (Å²) in [5.41, 5.74) is 9.95. The molecule has 0 saturated carbocycles. The molecule has 0 radical (unpaired) electrons. The SMILES string of the molecule is Cc1ccc(C(N)c2cc(Cl)cc([N+](=O)[O-])c2)c(C)c1. The minimum absolute atomic E-state index is 0.0484. The van der Waals surface area contributed by atoms with Gasteiger partial charge in [-0.15, -0.1) is 0 Å². The number of nitrogens with zero attached hydrogens (tertiary/aromatic N) is 1. The number of halogens is 1. The van der Waals surface area contributed by atoms with Crippen LogP contribution >= 0.6 is 11.6 Å². The minimum Gasteiger partial charge on any atom is -0.320 e. The predicted octanol–water partition coefficient (Wildman–Crippen LogP) is 3.91. The van der Waals surface area contributed by atoms with Gasteiger partial charge < -0.3 is 5.73 Å². The predicted molar refractivity (Wildman–Crippen MR) is 80.1 cm³/mol. The van der Waals surface area contributed by atoms with Gasteiger partial charge in [-0.25, -0.2) is 0 Å². The monoisotopic (exact) mass is 290 g/mol. The number of non-ortho nitro benzene ring substituents is 1. The number of hydrogen-bond acceptors (Lipinski definition) is 3. The number of nitrogens with two attached hydrogens (primary N) is 1. The lowest BCUT2D eigenvalue weighted by Gasteiger charge is -2.16. The Balaban J connectivity index is 2.47. The van der Waals surface area contributed by atoms with Crippen molar-refractivity contribution in [2.45, 2.75) is 19.9 Å². The van der Waals surface area contributed by atoms with Gasteiger partial charge in [-0.2, -0.15) is 0 Å². The van der Waals surface area contributed by atoms with Crippen LogP contribution in [-0.2, 0) is 0 Å². The molecule has 2 N–H and O–H groups in total. The molecule has 0 heterocycles. The van der Waals surface area contributed by atoms with Gasteiger partial charge in [0.1, 0.15) is 0 Å². The van der Waals surface area contributed by atoms with E-state index in [1.807, 2.05) is 32.0 Å². The summed E-state index contributed by atoms with van der Waals surface area (Å²) in [7, 11) is 0. The number of benzene rings is 2. The second kappa shape index (κ2) is 5.61. The van der Waals surface area contributed by atoms with Crippen molar-refractivity contribution in [3.8, 4) is 0 Å². The first-order valence-corrected chi connectivity index (χ1v) is 6.54. The molecule has 0 saturated heterocycles. The van der Waals surface area contributed by atoms with Gasteiger partial charge in [-0.3, -0.25) is 10.1 Å². The maximum absolute atomic E-state index is 10.9. The van der Waals surface area contributed by atoms with E-state index in [1.165, 1.54) is 12.1 Å². The second-order valence-corrected chi connectivity index (χ2v) is 5.27. The van der Waals surface area contributed by atoms with Crippen molar-refractivity contribution in [1.82, 2.24) is 0 Å². The van der Waals surface area contributed by atoms with Gasteiger partial charge >= 0.3 is 0 Å². The zero-order chi connectivity index (χ0) is 14.9. The molecule has 2 aromatic carbocycles. The summed E-state index contributed by atoms with van der Waals surface area (Å²) < 4.78 is 0. The van der Waals surface area contributed by atoms with Crippen molar-refractivity contribution >= 4 is 17.3 Å². The Labute approximate surface area is 122 Å². The highest BCUT2D eigenvalue weighted by Crippen LogP contribution is 2.29. The maximum Gasteiger partial charge on any atom is 0.271 e. The van der Waals surface area contributed by atoms with Crippen LogP contribution in [0.3, 0.4) is 0 Å². The van der Waals surface area contributed by atoms with Crippen LogP contribution in [0.15, 0.2) is 36.4 Å². The maximum atomic E-state index is 10.9. The van der Waals surface area contributed by atoms with Gasteiger partial charge in [0.25, 0.3) is 5.69 Å². The van der Waals surface area contributed by atoms with Crippen LogP contribution in [0.2, 0.25) is 5.02 Å². The van der Waals surface area contributed by atoms with Gasteiger partial charge in [0.2, 0.25) is 0 Å². The molecule has 0 amide bonds. The van der Waals surface area contributed by atoms with Crippen LogP contribution in [0.1, 0.15) is 28.3 Å². The summed E-state index contributed by atoms with van der Waals surface area (Å²) in [6.07, 6.45) is 0. The van der Waals surface area contributed by atoms with Gasteiger partial charge in [0.05, 0.1) is 11.0 Å². The van der Waals surface area contributed by atoms with Crippen molar-refractivity contribution in [2.24, 2.45) is 5.73 Å². The Morgan fingerprint density at radius 1 is 1.20 bits per heavy atom. The molecule has 0 aliphatic heterocycles. The quantitative estimate of drug-likeness (QED) is 0.688. The van der Waals surface area contributed by atoms with Gasteiger partial charge in [-0.1, -0.05) is 35.4 Å². The molecule has 0 spiro atoms. The summed E-state index contributed by atoms with van der Waals surface area (Å²) in [5.74, 6) is 0. The average Bonchev–Trinajstić information content (AvgIpc) is 2.37. The van der Waals surface area contributed by atoms with Gasteiger partial charge in [0.15, 0.2) is 0 Å². The zero-order valence-electron chi connectivity index (χ0n) is 11.3. The van der Waals surface area contributed by atoms with Crippen LogP contribution in [0, 0.1) is 24.0 Å². The van der Waals surface area contributed by atoms with E-state index in [1.54, 1.807) is 6.07 Å². The fourth-order valence-corrected chi connectivity index (χ4v) is 2.47. The molecule has 0 aromatic heterocycles. The third-order valence-corrected chi connectivity index (χ3v) is 3.45. The highest BCUT2D eigenvalue weighted by atomic mass is 35.5. The molecule has 0 fully saturated rings. The van der Waals surface area contributed by atoms with Crippen LogP contribution < -0.4 is 5.73 Å². The Morgan fingerprint density at radius 3 is 2.50 bits per heavy atom. The Morgan fingerprint density at radius 2 is 1.90 bits per heavy atom. The van der Waals surface area contributed by atoms with E-state index in [0.717, 1.165) is 16.7 Å². The summed E-state index contributed by atoms with van der Waals surface area (Å²) in [5, 5.41) is 11.2. The van der Waals surface area contributed by atoms with Gasteiger partial charge in [-0.05, 0) is 36.6 Å². The van der Waals surface area contributed by atoms with Crippen LogP contribution in [-0.4, -0.2) is 4.92 Å². The molecule has 1 atom stereocenters. The van der Waals surface area contributed by atoms with E-state index in [2.05, 4.69) is 0 Å². The molecule has 104 valence electrons. The molecular weight excluding hydrogens is 276 g/mol. The molecule has 0 aliphatic carbocycles. The van der Waals surface area contributed by atoms with Crippen molar-refractivity contribution in [2.75, 3.05) is 0 Å². The van der Waals surface area contributed by atoms with E-state index < -0.39 is 11.0 Å². The van der Waals surface area contributed by atoms with E-state index in [9.17, 15) is 10.1 Å². The van der Waals surface area contributed by atoms with Crippen molar-refractivity contribution in [1.29, 1.82) is 0 Å². The fourth-order valence-electron chi connectivity index (χ4n) is 2.24. The number of nitro groups is 1. The van der Waals surface area contributed by atoms with E-state index in [0.29, 0.717) is 10.6 Å². The van der Waals surface area contributed by atoms with Crippen LogP contribution in [0.25, 0.3) is 0 Å². The fraction of sp³-hybridized carbons (Fsp3) is 0.200. The molecule has 2 rings (SSSR count). The molecule has 20 heavy (non-hydrogen) atoms. The normalized spacial score (nSPS) is 12.2. The van der Waals surface area contributed by atoms with Gasteiger partial charge in [0, 0.05) is 17.2 Å². The highest BCUT2D eigenvalue weighted by Gasteiger charge is 2.16. The zero-order valence-corrected chi connectivity index (χ0v) is 12.0. The summed E-state index contributed by atoms with van der Waals surface area (Å²) in [4.78, 5) is 10.4.